The molecule has 2 fully saturated rings. The number of anilines is 1. The van der Waals surface area contributed by atoms with Gasteiger partial charge in [0.2, 0.25) is 5.82 Å². The molecule has 2 aromatic heterocycles. The second-order valence-corrected chi connectivity index (χ2v) is 9.69. The van der Waals surface area contributed by atoms with Crippen LogP contribution >= 0.6 is 0 Å². The molecule has 2 aliphatic heterocycles. The molecule has 4 heterocycles. The monoisotopic (exact) mass is 563 g/mol. The molecule has 0 radical (unpaired) electrons. The van der Waals surface area contributed by atoms with Gasteiger partial charge in [-0.15, -0.1) is 0 Å². The number of nitrogens with two attached hydrogens (primary N) is 2. The molecule has 212 valence electrons. The minimum atomic E-state index is -0.488. The van der Waals surface area contributed by atoms with E-state index >= 15 is 0 Å². The van der Waals surface area contributed by atoms with Crippen molar-refractivity contribution in [2.45, 2.75) is 6.04 Å². The number of para-hydroxylation sites is 1. The maximum atomic E-state index is 12.2. The number of phenolic OH excluding ortho intramolecular Hbond substituents is 1. The molecule has 42 heavy (non-hydrogen) atoms. The highest BCUT2D eigenvalue weighted by atomic mass is 16.3. The van der Waals surface area contributed by atoms with Crippen molar-refractivity contribution in [3.63, 3.8) is 0 Å². The fourth-order valence-corrected chi connectivity index (χ4v) is 4.86. The van der Waals surface area contributed by atoms with Gasteiger partial charge in [-0.2, -0.15) is 0 Å². The van der Waals surface area contributed by atoms with Crippen molar-refractivity contribution in [2.75, 3.05) is 31.1 Å². The molecular weight excluding hydrogens is 534 g/mol. The number of fused-ring (bicyclic) bond motifs is 1. The second kappa shape index (κ2) is 12.2. The number of amidine groups is 1. The number of aromatic nitrogens is 4. The number of phenols is 1. The molecule has 1 aromatic carbocycles. The number of rotatable bonds is 8. The minimum absolute atomic E-state index is 0.000598. The van der Waals surface area contributed by atoms with Gasteiger partial charge in [-0.3, -0.25) is 10.2 Å². The summed E-state index contributed by atoms with van der Waals surface area (Å²) in [6, 6.07) is 10.2. The van der Waals surface area contributed by atoms with Crippen molar-refractivity contribution in [2.24, 2.45) is 17.4 Å². The molecule has 13 heteroatoms. The van der Waals surface area contributed by atoms with Gasteiger partial charge in [-0.25, -0.2) is 19.9 Å². The Kier molecular flexibility index (Phi) is 8.05. The van der Waals surface area contributed by atoms with E-state index in [9.17, 15) is 9.90 Å². The predicted molar refractivity (Wildman–Crippen MR) is 157 cm³/mol. The molecule has 0 aliphatic carbocycles. The van der Waals surface area contributed by atoms with E-state index in [4.69, 9.17) is 22.3 Å². The number of hydrogen-bond donors (Lipinski definition) is 6. The number of amides is 1. The van der Waals surface area contributed by atoms with E-state index in [2.05, 4.69) is 42.0 Å². The Bertz CT molecular complexity index is 1640. The summed E-state index contributed by atoms with van der Waals surface area (Å²) >= 11 is 0. The molecule has 2 unspecified atom stereocenters. The number of hydrogen-bond acceptors (Lipinski definition) is 11. The standard InChI is InChI=1S/C29H29N11O2/c30-20(19-5-1-2-6-24(19)41)13-22(28(32)33)40-16-18-15-39(17-23(18)40)27-8-12-36-25(38-27)7-3-9-37-29(42)21(31)14-26-34-10-4-11-35-26/h1-2,4-6,8,10-14,18,23,30,41H,9,15-17,31H2,(H3,32,33)(H,37,42)/b21-14-,22-13+,30-20?. The maximum absolute atomic E-state index is 12.2. The Morgan fingerprint density at radius 3 is 2.62 bits per heavy atom. The molecule has 0 saturated carbocycles. The van der Waals surface area contributed by atoms with Gasteiger partial charge < -0.3 is 37.1 Å². The molecule has 8 N–H and O–H groups in total. The first-order chi connectivity index (χ1) is 20.3. The summed E-state index contributed by atoms with van der Waals surface area (Å²) < 4.78 is 0. The van der Waals surface area contributed by atoms with Crippen LogP contribution in [0.5, 0.6) is 5.75 Å². The number of nitrogens with one attached hydrogen (secondary N) is 3. The van der Waals surface area contributed by atoms with Gasteiger partial charge in [0.15, 0.2) is 5.82 Å². The number of likely N-dealkylation sites (tertiary alicyclic amines) is 1. The average molecular weight is 564 g/mol. The highest BCUT2D eigenvalue weighted by molar-refractivity contribution is 6.12. The van der Waals surface area contributed by atoms with E-state index in [0.29, 0.717) is 41.9 Å². The first kappa shape index (κ1) is 27.8. The SMILES string of the molecule is N=C(N)/C(=C\C(=N)c1ccccc1O)N1CC2CN(c3ccnc(C#CCNC(=O)/C(N)=C/c4ncccn4)n3)CC21. The van der Waals surface area contributed by atoms with Crippen LogP contribution in [0.3, 0.4) is 0 Å². The predicted octanol–water partition coefficient (Wildman–Crippen LogP) is 0.448. The van der Waals surface area contributed by atoms with Crippen LogP contribution in [0.25, 0.3) is 6.08 Å². The lowest BCUT2D eigenvalue weighted by Crippen LogP contribution is -2.56. The van der Waals surface area contributed by atoms with Crippen molar-refractivity contribution in [1.29, 1.82) is 10.8 Å². The molecule has 5 rings (SSSR count). The van der Waals surface area contributed by atoms with E-state index in [1.54, 1.807) is 42.9 Å². The quantitative estimate of drug-likeness (QED) is 0.0965. The van der Waals surface area contributed by atoms with Gasteiger partial charge in [0, 0.05) is 55.8 Å². The van der Waals surface area contributed by atoms with Gasteiger partial charge in [0.05, 0.1) is 24.0 Å². The zero-order valence-corrected chi connectivity index (χ0v) is 22.5. The van der Waals surface area contributed by atoms with E-state index in [0.717, 1.165) is 12.4 Å². The topological polar surface area (TPSA) is 207 Å². The summed E-state index contributed by atoms with van der Waals surface area (Å²) in [5.74, 6) is 6.80. The Hall–Kier alpha value is -5.77. The molecule has 2 saturated heterocycles. The molecule has 2 aliphatic rings. The van der Waals surface area contributed by atoms with Gasteiger partial charge in [0.1, 0.15) is 23.1 Å². The van der Waals surface area contributed by atoms with Gasteiger partial charge in [-0.05, 0) is 36.3 Å². The van der Waals surface area contributed by atoms with Crippen LogP contribution in [-0.2, 0) is 4.79 Å². The lowest BCUT2D eigenvalue weighted by atomic mass is 9.90. The normalized spacial score (nSPS) is 17.9. The number of carbonyl (C=O) groups excluding carboxylic acids is 1. The van der Waals surface area contributed by atoms with Crippen LogP contribution in [0.15, 0.2) is 72.5 Å². The van der Waals surface area contributed by atoms with Crippen molar-refractivity contribution in [3.05, 3.63) is 89.7 Å². The van der Waals surface area contributed by atoms with Crippen LogP contribution in [0.2, 0.25) is 0 Å². The Morgan fingerprint density at radius 2 is 1.86 bits per heavy atom. The molecule has 0 bridgehead atoms. The lowest BCUT2D eigenvalue weighted by molar-refractivity contribution is -0.117. The number of nitrogens with zero attached hydrogens (tertiary/aromatic N) is 6. The van der Waals surface area contributed by atoms with Crippen molar-refractivity contribution in [1.82, 2.24) is 30.2 Å². The number of benzene rings is 1. The summed E-state index contributed by atoms with van der Waals surface area (Å²) in [6.07, 6.45) is 7.66. The van der Waals surface area contributed by atoms with Gasteiger partial charge in [0.25, 0.3) is 5.91 Å². The molecule has 0 spiro atoms. The third-order valence-corrected chi connectivity index (χ3v) is 6.93. The van der Waals surface area contributed by atoms with Crippen LogP contribution in [0, 0.1) is 28.6 Å². The molecule has 2 atom stereocenters. The second-order valence-electron chi connectivity index (χ2n) is 9.69. The number of carbonyl (C=O) groups is 1. The highest BCUT2D eigenvalue weighted by Crippen LogP contribution is 2.37. The molecular formula is C29H29N11O2. The Labute approximate surface area is 242 Å². The van der Waals surface area contributed by atoms with Crippen LogP contribution < -0.4 is 21.7 Å². The Balaban J connectivity index is 1.19. The van der Waals surface area contributed by atoms with Crippen molar-refractivity contribution in [3.8, 4) is 17.6 Å². The van der Waals surface area contributed by atoms with Crippen LogP contribution in [-0.4, -0.2) is 79.6 Å². The number of allylic oxidation sites excluding steroid dienone is 1. The molecule has 1 amide bonds. The lowest BCUT2D eigenvalue weighted by Gasteiger charge is -2.46. The smallest absolute Gasteiger partial charge is 0.268 e. The third kappa shape index (κ3) is 6.18. The summed E-state index contributed by atoms with van der Waals surface area (Å²) in [7, 11) is 0. The molecule has 13 nitrogen and oxygen atoms in total. The fraction of sp³-hybridized carbons (Fsp3) is 0.207. The zero-order chi connectivity index (χ0) is 29.6. The van der Waals surface area contributed by atoms with Gasteiger partial charge in [-0.1, -0.05) is 18.1 Å². The van der Waals surface area contributed by atoms with E-state index in [1.807, 2.05) is 11.0 Å². The Morgan fingerprint density at radius 1 is 1.07 bits per heavy atom. The fourth-order valence-electron chi connectivity index (χ4n) is 4.86. The highest BCUT2D eigenvalue weighted by Gasteiger charge is 2.47. The van der Waals surface area contributed by atoms with E-state index in [1.165, 1.54) is 18.2 Å². The van der Waals surface area contributed by atoms with Crippen molar-refractivity contribution < 1.29 is 9.90 Å². The average Bonchev–Trinajstić information content (AvgIpc) is 3.31. The first-order valence-corrected chi connectivity index (χ1v) is 13.1. The van der Waals surface area contributed by atoms with Crippen LogP contribution in [0.1, 0.15) is 17.2 Å². The van der Waals surface area contributed by atoms with E-state index < -0.39 is 5.91 Å². The zero-order valence-electron chi connectivity index (χ0n) is 22.5. The van der Waals surface area contributed by atoms with Crippen molar-refractivity contribution >= 4 is 29.3 Å². The largest absolute Gasteiger partial charge is 0.507 e. The molecule has 3 aromatic rings. The minimum Gasteiger partial charge on any atom is -0.507 e. The number of aromatic hydroxyl groups is 1. The summed E-state index contributed by atoms with van der Waals surface area (Å²) in [6.45, 7) is 2.15. The first-order valence-electron chi connectivity index (χ1n) is 13.1. The van der Waals surface area contributed by atoms with Gasteiger partial charge >= 0.3 is 0 Å². The summed E-state index contributed by atoms with van der Waals surface area (Å²) in [5.41, 5.74) is 12.6. The summed E-state index contributed by atoms with van der Waals surface area (Å²) in [4.78, 5) is 33.2. The maximum Gasteiger partial charge on any atom is 0.268 e. The van der Waals surface area contributed by atoms with Crippen LogP contribution in [0.4, 0.5) is 5.82 Å². The summed E-state index contributed by atoms with van der Waals surface area (Å²) in [5, 5.41) is 29.3. The van der Waals surface area contributed by atoms with E-state index in [-0.39, 0.29) is 35.6 Å². The third-order valence-electron chi connectivity index (χ3n) is 6.93.